The zero-order valence-corrected chi connectivity index (χ0v) is 27.5. The Balaban J connectivity index is 1.41. The molecular weight excluding hydrogens is 616 g/mol. The molecule has 1 saturated carbocycles. The van der Waals surface area contributed by atoms with E-state index in [1.165, 1.54) is 7.11 Å². The van der Waals surface area contributed by atoms with Crippen LogP contribution in [-0.2, 0) is 0 Å². The van der Waals surface area contributed by atoms with Crippen molar-refractivity contribution in [3.05, 3.63) is 28.7 Å². The summed E-state index contributed by atoms with van der Waals surface area (Å²) < 4.78 is 43.3. The molecule has 0 amide bonds. The van der Waals surface area contributed by atoms with Crippen LogP contribution in [0.5, 0.6) is 11.9 Å². The van der Waals surface area contributed by atoms with Gasteiger partial charge in [-0.3, -0.25) is 5.10 Å². The predicted molar refractivity (Wildman–Crippen MR) is 173 cm³/mol. The molecule has 0 radical (unpaired) electrons. The molecule has 46 heavy (non-hydrogen) atoms. The summed E-state index contributed by atoms with van der Waals surface area (Å²) in [5, 5.41) is 19.2. The Labute approximate surface area is 271 Å². The Morgan fingerprint density at radius 3 is 2.67 bits per heavy atom. The second-order valence-electron chi connectivity index (χ2n) is 13.7. The lowest BCUT2D eigenvalue weighted by Crippen LogP contribution is -2.59. The van der Waals surface area contributed by atoms with Crippen LogP contribution in [0.4, 0.5) is 14.6 Å². The predicted octanol–water partition coefficient (Wildman–Crippen LogP) is 6.01. The highest BCUT2D eigenvalue weighted by molar-refractivity contribution is 6.35. The Hall–Kier alpha value is -3.35. The molecule has 2 aliphatic heterocycles. The number of alkyl halides is 1. The Morgan fingerprint density at radius 1 is 1.11 bits per heavy atom. The van der Waals surface area contributed by atoms with Gasteiger partial charge >= 0.3 is 6.01 Å². The van der Waals surface area contributed by atoms with E-state index in [0.29, 0.717) is 47.5 Å². The van der Waals surface area contributed by atoms with Crippen molar-refractivity contribution in [1.29, 1.82) is 0 Å². The minimum Gasteiger partial charge on any atom is -0.480 e. The van der Waals surface area contributed by atoms with Crippen molar-refractivity contribution in [2.24, 2.45) is 5.41 Å². The van der Waals surface area contributed by atoms with E-state index in [-0.39, 0.29) is 51.8 Å². The zero-order valence-electron chi connectivity index (χ0n) is 26.7. The first-order valence-corrected chi connectivity index (χ1v) is 16.4. The second-order valence-corrected chi connectivity index (χ2v) is 14.0. The molecule has 246 valence electrons. The van der Waals surface area contributed by atoms with E-state index in [9.17, 15) is 9.50 Å². The van der Waals surface area contributed by atoms with E-state index in [4.69, 9.17) is 26.1 Å². The average molecular weight is 656 g/mol. The minimum atomic E-state index is -1.56. The van der Waals surface area contributed by atoms with Gasteiger partial charge in [-0.25, -0.2) is 13.8 Å². The Kier molecular flexibility index (Phi) is 7.76. The van der Waals surface area contributed by atoms with Gasteiger partial charge in [0.25, 0.3) is 0 Å². The first-order chi connectivity index (χ1) is 22.0. The molecule has 4 aromatic rings. The number of aromatic amines is 1. The third-order valence-electron chi connectivity index (χ3n) is 11.0. The highest BCUT2D eigenvalue weighted by atomic mass is 35.5. The van der Waals surface area contributed by atoms with Crippen LogP contribution in [0.15, 0.2) is 12.3 Å². The van der Waals surface area contributed by atoms with Crippen LogP contribution in [-0.4, -0.2) is 93.4 Å². The number of H-pyrrole nitrogens is 1. The van der Waals surface area contributed by atoms with Gasteiger partial charge in [-0.05, 0) is 77.6 Å². The maximum absolute atomic E-state index is 17.0. The molecule has 2 N–H and O–H groups in total. The van der Waals surface area contributed by atoms with Crippen LogP contribution >= 0.6 is 11.6 Å². The van der Waals surface area contributed by atoms with Gasteiger partial charge in [0, 0.05) is 28.4 Å². The number of halogens is 3. The van der Waals surface area contributed by atoms with Crippen molar-refractivity contribution in [1.82, 2.24) is 30.0 Å². The topological polar surface area (TPSA) is 113 Å². The summed E-state index contributed by atoms with van der Waals surface area (Å²) in [5.74, 6) is -0.372. The van der Waals surface area contributed by atoms with Crippen LogP contribution in [0.3, 0.4) is 0 Å². The normalized spacial score (nSPS) is 27.0. The SMILES string of the molecule is COc1nc(-c2c(Cl)c(C)cc3[nH]ncc23)c(F)c2nc(OC[C@@]34CCCN(C)[C@]3(C)CCC4)nc(N3CCC[C@](O)(CF)C3)c12. The molecular formula is C33H40ClF2N7O3. The largest absolute Gasteiger partial charge is 0.480 e. The van der Waals surface area contributed by atoms with Crippen LogP contribution in [0.2, 0.25) is 5.02 Å². The first kappa shape index (κ1) is 31.3. The number of nitrogens with zero attached hydrogens (tertiary/aromatic N) is 6. The van der Waals surface area contributed by atoms with Crippen molar-refractivity contribution in [2.45, 2.75) is 69.9 Å². The van der Waals surface area contributed by atoms with Crippen molar-refractivity contribution < 1.29 is 23.4 Å². The number of pyridine rings is 1. The lowest BCUT2D eigenvalue weighted by molar-refractivity contribution is -0.0526. The average Bonchev–Trinajstić information content (AvgIpc) is 3.66. The number of aryl methyl sites for hydroxylation is 1. The van der Waals surface area contributed by atoms with Gasteiger partial charge in [0.2, 0.25) is 5.88 Å². The molecule has 13 heteroatoms. The van der Waals surface area contributed by atoms with E-state index in [1.807, 2.05) is 13.0 Å². The van der Waals surface area contributed by atoms with E-state index in [0.717, 1.165) is 44.2 Å². The minimum absolute atomic E-state index is 0.00983. The van der Waals surface area contributed by atoms with Gasteiger partial charge in [0.1, 0.15) is 34.7 Å². The summed E-state index contributed by atoms with van der Waals surface area (Å²) >= 11 is 6.80. The molecule has 3 aliphatic rings. The Bertz CT molecular complexity index is 1820. The fraction of sp³-hybridized carbons (Fsp3) is 0.576. The van der Waals surface area contributed by atoms with Crippen LogP contribution in [0, 0.1) is 18.2 Å². The molecule has 1 aromatic carbocycles. The van der Waals surface area contributed by atoms with Gasteiger partial charge in [0.05, 0.1) is 37.0 Å². The first-order valence-electron chi connectivity index (χ1n) is 16.0. The van der Waals surface area contributed by atoms with Gasteiger partial charge < -0.3 is 24.4 Å². The number of ether oxygens (including phenoxy) is 2. The van der Waals surface area contributed by atoms with Gasteiger partial charge in [-0.2, -0.15) is 15.1 Å². The number of piperidine rings is 2. The highest BCUT2D eigenvalue weighted by Gasteiger charge is 2.56. The summed E-state index contributed by atoms with van der Waals surface area (Å²) in [5.41, 5.74) is -0.0295. The fourth-order valence-corrected chi connectivity index (χ4v) is 8.49. The van der Waals surface area contributed by atoms with Crippen molar-refractivity contribution >= 4 is 39.2 Å². The van der Waals surface area contributed by atoms with Crippen molar-refractivity contribution in [3.8, 4) is 23.1 Å². The molecule has 0 unspecified atom stereocenters. The van der Waals surface area contributed by atoms with Crippen LogP contribution < -0.4 is 14.4 Å². The number of β-amino-alcohol motifs (C(OH)–C–C–N with tert-alkyl or cyclic N) is 1. The van der Waals surface area contributed by atoms with Gasteiger partial charge in [-0.1, -0.05) is 18.0 Å². The number of rotatable bonds is 7. The summed E-state index contributed by atoms with van der Waals surface area (Å²) in [6.07, 6.45) is 7.69. The number of aromatic nitrogens is 5. The molecule has 0 bridgehead atoms. The maximum atomic E-state index is 17.0. The molecule has 7 rings (SSSR count). The molecule has 1 aliphatic carbocycles. The van der Waals surface area contributed by atoms with E-state index < -0.39 is 18.1 Å². The lowest BCUT2D eigenvalue weighted by atomic mass is 9.67. The quantitative estimate of drug-likeness (QED) is 0.247. The maximum Gasteiger partial charge on any atom is 0.319 e. The smallest absolute Gasteiger partial charge is 0.319 e. The lowest BCUT2D eigenvalue weighted by Gasteiger charge is -2.53. The molecule has 5 heterocycles. The van der Waals surface area contributed by atoms with E-state index in [1.54, 1.807) is 11.1 Å². The summed E-state index contributed by atoms with van der Waals surface area (Å²) in [6.45, 7) is 5.07. The van der Waals surface area contributed by atoms with Crippen molar-refractivity contribution in [2.75, 3.05) is 52.0 Å². The molecule has 3 aromatic heterocycles. The van der Waals surface area contributed by atoms with Crippen LogP contribution in [0.25, 0.3) is 33.1 Å². The highest BCUT2D eigenvalue weighted by Crippen LogP contribution is 2.55. The number of benzene rings is 1. The molecule has 3 atom stereocenters. The monoisotopic (exact) mass is 655 g/mol. The van der Waals surface area contributed by atoms with Crippen LogP contribution in [0.1, 0.15) is 57.4 Å². The summed E-state index contributed by atoms with van der Waals surface area (Å²) in [7, 11) is 3.62. The summed E-state index contributed by atoms with van der Waals surface area (Å²) in [4.78, 5) is 18.3. The third-order valence-corrected chi connectivity index (χ3v) is 11.5. The van der Waals surface area contributed by atoms with E-state index >= 15 is 4.39 Å². The second kappa shape index (κ2) is 11.4. The van der Waals surface area contributed by atoms with E-state index in [2.05, 4.69) is 39.0 Å². The Morgan fingerprint density at radius 2 is 1.89 bits per heavy atom. The van der Waals surface area contributed by atoms with Crippen molar-refractivity contribution in [3.63, 3.8) is 0 Å². The number of aliphatic hydroxyl groups is 1. The number of hydrogen-bond donors (Lipinski definition) is 2. The number of anilines is 1. The van der Waals surface area contributed by atoms with Gasteiger partial charge in [-0.15, -0.1) is 0 Å². The standard InChI is InChI=1S/C33H40ClF2N7O3/c1-19-14-21-20(15-37-41-21)22(24(19)34)26-25(36)27-23(29(38-26)45-4)28(43-13-7-11-33(44,16-35)17-43)40-30(39-27)46-18-32-9-5-8-31(32,2)42(3)12-6-10-32/h14-15,44H,5-13,16-18H2,1-4H3,(H,37,41)/t31-,32-,33+/m1/s1. The zero-order chi connectivity index (χ0) is 32.4. The number of likely N-dealkylation sites (tertiary alicyclic amines) is 1. The molecule has 0 spiro atoms. The fourth-order valence-electron chi connectivity index (χ4n) is 8.24. The number of methoxy groups -OCH3 is 1. The third kappa shape index (κ3) is 4.78. The number of nitrogens with one attached hydrogen (secondary N) is 1. The molecule has 10 nitrogen and oxygen atoms in total. The van der Waals surface area contributed by atoms with Gasteiger partial charge in [0.15, 0.2) is 5.82 Å². The molecule has 3 fully saturated rings. The summed E-state index contributed by atoms with van der Waals surface area (Å²) in [6, 6.07) is 1.85. The number of fused-ring (bicyclic) bond motifs is 3. The number of hydrogen-bond acceptors (Lipinski definition) is 9. The molecule has 2 saturated heterocycles.